The molecular weight excluding hydrogens is 224 g/mol. The molecule has 0 aliphatic rings. The van der Waals surface area contributed by atoms with Gasteiger partial charge < -0.3 is 15.5 Å². The number of rotatable bonds is 7. The third-order valence-electron chi connectivity index (χ3n) is 2.21. The van der Waals surface area contributed by atoms with Crippen LogP contribution in [-0.4, -0.2) is 33.7 Å². The largest absolute Gasteiger partial charge is 0.481 e. The maximum Gasteiger partial charge on any atom is 0.308 e. The Morgan fingerprint density at radius 2 is 2.18 bits per heavy atom. The summed E-state index contributed by atoms with van der Waals surface area (Å²) in [6.45, 7) is 0.591. The van der Waals surface area contributed by atoms with Crippen molar-refractivity contribution in [3.05, 3.63) is 30.1 Å². The Hall–Kier alpha value is -1.95. The number of aliphatic carboxylic acids is 2. The van der Waals surface area contributed by atoms with Gasteiger partial charge >= 0.3 is 11.9 Å². The average Bonchev–Trinajstić information content (AvgIpc) is 2.28. The van der Waals surface area contributed by atoms with Crippen molar-refractivity contribution in [1.29, 1.82) is 0 Å². The highest BCUT2D eigenvalue weighted by Gasteiger charge is 2.20. The summed E-state index contributed by atoms with van der Waals surface area (Å²) in [6.07, 6.45) is 2.93. The molecule has 1 unspecified atom stereocenters. The second-order valence-corrected chi connectivity index (χ2v) is 3.63. The van der Waals surface area contributed by atoms with Crippen molar-refractivity contribution in [2.45, 2.75) is 13.0 Å². The molecule has 0 saturated heterocycles. The molecule has 1 rings (SSSR count). The highest BCUT2D eigenvalue weighted by Crippen LogP contribution is 2.03. The Labute approximate surface area is 98.3 Å². The number of nitrogens with one attached hydrogen (secondary N) is 1. The van der Waals surface area contributed by atoms with E-state index in [1.807, 2.05) is 6.07 Å². The van der Waals surface area contributed by atoms with E-state index in [1.54, 1.807) is 18.5 Å². The van der Waals surface area contributed by atoms with Crippen LogP contribution in [0.2, 0.25) is 0 Å². The van der Waals surface area contributed by atoms with E-state index in [0.29, 0.717) is 6.54 Å². The molecule has 0 amide bonds. The number of hydrogen-bond acceptors (Lipinski definition) is 4. The fourth-order valence-electron chi connectivity index (χ4n) is 1.35. The van der Waals surface area contributed by atoms with E-state index >= 15 is 0 Å². The highest BCUT2D eigenvalue weighted by molar-refractivity contribution is 5.77. The Morgan fingerprint density at radius 1 is 1.41 bits per heavy atom. The van der Waals surface area contributed by atoms with Gasteiger partial charge in [-0.2, -0.15) is 0 Å². The van der Waals surface area contributed by atoms with Crippen LogP contribution in [0.5, 0.6) is 0 Å². The second-order valence-electron chi connectivity index (χ2n) is 3.63. The lowest BCUT2D eigenvalue weighted by Crippen LogP contribution is -2.30. The van der Waals surface area contributed by atoms with Gasteiger partial charge in [0.25, 0.3) is 0 Å². The summed E-state index contributed by atoms with van der Waals surface area (Å²) in [4.78, 5) is 25.1. The Bertz CT molecular complexity index is 380. The summed E-state index contributed by atoms with van der Waals surface area (Å²) in [5, 5.41) is 20.3. The van der Waals surface area contributed by atoms with E-state index in [9.17, 15) is 9.59 Å². The van der Waals surface area contributed by atoms with Gasteiger partial charge in [-0.1, -0.05) is 6.07 Å². The molecule has 3 N–H and O–H groups in total. The zero-order chi connectivity index (χ0) is 12.7. The number of hydrogen-bond donors (Lipinski definition) is 3. The average molecular weight is 238 g/mol. The molecule has 17 heavy (non-hydrogen) atoms. The Kier molecular flexibility index (Phi) is 5.09. The monoisotopic (exact) mass is 238 g/mol. The van der Waals surface area contributed by atoms with Crippen LogP contribution in [0.3, 0.4) is 0 Å². The quantitative estimate of drug-likeness (QED) is 0.633. The molecule has 6 nitrogen and oxygen atoms in total. The van der Waals surface area contributed by atoms with Crippen LogP contribution in [0.25, 0.3) is 0 Å². The molecule has 0 radical (unpaired) electrons. The van der Waals surface area contributed by atoms with E-state index < -0.39 is 17.9 Å². The number of carbonyl (C=O) groups is 2. The summed E-state index contributed by atoms with van der Waals surface area (Å²) >= 11 is 0. The molecular formula is C11H14N2O4. The van der Waals surface area contributed by atoms with Crippen molar-refractivity contribution in [3.63, 3.8) is 0 Å². The minimum Gasteiger partial charge on any atom is -0.481 e. The minimum absolute atomic E-state index is 0.122. The first-order valence-corrected chi connectivity index (χ1v) is 5.14. The van der Waals surface area contributed by atoms with Crippen LogP contribution >= 0.6 is 0 Å². The van der Waals surface area contributed by atoms with Crippen LogP contribution < -0.4 is 5.32 Å². The van der Waals surface area contributed by atoms with Crippen LogP contribution in [0.4, 0.5) is 0 Å². The topological polar surface area (TPSA) is 99.5 Å². The predicted molar refractivity (Wildman–Crippen MR) is 59.3 cm³/mol. The van der Waals surface area contributed by atoms with Crippen LogP contribution in [0.15, 0.2) is 24.5 Å². The first kappa shape index (κ1) is 13.1. The molecule has 1 aromatic heterocycles. The summed E-state index contributed by atoms with van der Waals surface area (Å²) in [7, 11) is 0. The maximum atomic E-state index is 10.8. The van der Waals surface area contributed by atoms with Gasteiger partial charge in [0.2, 0.25) is 0 Å². The summed E-state index contributed by atoms with van der Waals surface area (Å²) in [6, 6.07) is 3.63. The van der Waals surface area contributed by atoms with E-state index in [0.717, 1.165) is 5.56 Å². The van der Waals surface area contributed by atoms with Gasteiger partial charge in [0.1, 0.15) is 0 Å². The molecule has 1 aromatic rings. The summed E-state index contributed by atoms with van der Waals surface area (Å²) in [5.74, 6) is -3.13. The van der Waals surface area contributed by atoms with Gasteiger partial charge in [0, 0.05) is 25.5 Å². The molecule has 0 aromatic carbocycles. The summed E-state index contributed by atoms with van der Waals surface area (Å²) < 4.78 is 0. The lowest BCUT2D eigenvalue weighted by Gasteiger charge is -2.10. The Balaban J connectivity index is 2.37. The third kappa shape index (κ3) is 5.07. The van der Waals surface area contributed by atoms with Crippen LogP contribution in [0, 0.1) is 5.92 Å². The van der Waals surface area contributed by atoms with Gasteiger partial charge in [-0.15, -0.1) is 0 Å². The molecule has 6 heteroatoms. The normalized spacial score (nSPS) is 12.0. The number of carboxylic acid groups (broad SMARTS) is 2. The molecule has 0 saturated carbocycles. The van der Waals surface area contributed by atoms with E-state index in [4.69, 9.17) is 10.2 Å². The zero-order valence-electron chi connectivity index (χ0n) is 9.17. The highest BCUT2D eigenvalue weighted by atomic mass is 16.4. The van der Waals surface area contributed by atoms with Gasteiger partial charge in [0.15, 0.2) is 0 Å². The summed E-state index contributed by atoms with van der Waals surface area (Å²) in [5.41, 5.74) is 0.923. The fraction of sp³-hybridized carbons (Fsp3) is 0.364. The van der Waals surface area contributed by atoms with Crippen molar-refractivity contribution in [3.8, 4) is 0 Å². The second kappa shape index (κ2) is 6.59. The number of carboxylic acids is 2. The molecule has 0 aliphatic carbocycles. The van der Waals surface area contributed by atoms with Crippen molar-refractivity contribution >= 4 is 11.9 Å². The molecule has 1 atom stereocenters. The van der Waals surface area contributed by atoms with Gasteiger partial charge in [-0.25, -0.2) is 0 Å². The predicted octanol–water partition coefficient (Wildman–Crippen LogP) is 0.347. The lowest BCUT2D eigenvalue weighted by atomic mass is 10.1. The van der Waals surface area contributed by atoms with E-state index in [2.05, 4.69) is 10.3 Å². The molecule has 0 spiro atoms. The van der Waals surface area contributed by atoms with Crippen molar-refractivity contribution in [1.82, 2.24) is 10.3 Å². The standard InChI is InChI=1S/C11H14N2O4/c14-10(15)4-9(11(16)17)7-13-6-8-2-1-3-12-5-8/h1-3,5,9,13H,4,6-7H2,(H,14,15)(H,16,17). The van der Waals surface area contributed by atoms with Crippen molar-refractivity contribution < 1.29 is 19.8 Å². The first-order valence-electron chi connectivity index (χ1n) is 5.14. The van der Waals surface area contributed by atoms with Gasteiger partial charge in [0.05, 0.1) is 12.3 Å². The molecule has 0 aliphatic heterocycles. The maximum absolute atomic E-state index is 10.8. The number of aromatic nitrogens is 1. The molecule has 0 fully saturated rings. The van der Waals surface area contributed by atoms with Crippen molar-refractivity contribution in [2.75, 3.05) is 6.54 Å². The number of nitrogens with zero attached hydrogens (tertiary/aromatic N) is 1. The Morgan fingerprint density at radius 3 is 2.71 bits per heavy atom. The van der Waals surface area contributed by atoms with Gasteiger partial charge in [-0.05, 0) is 11.6 Å². The minimum atomic E-state index is -1.11. The molecule has 1 heterocycles. The molecule has 92 valence electrons. The first-order chi connectivity index (χ1) is 8.09. The number of pyridine rings is 1. The van der Waals surface area contributed by atoms with E-state index in [1.165, 1.54) is 0 Å². The zero-order valence-corrected chi connectivity index (χ0v) is 9.17. The van der Waals surface area contributed by atoms with Crippen LogP contribution in [-0.2, 0) is 16.1 Å². The molecule has 0 bridgehead atoms. The third-order valence-corrected chi connectivity index (χ3v) is 2.21. The van der Waals surface area contributed by atoms with Gasteiger partial charge in [-0.3, -0.25) is 14.6 Å². The van der Waals surface area contributed by atoms with Crippen molar-refractivity contribution in [2.24, 2.45) is 5.92 Å². The van der Waals surface area contributed by atoms with Crippen LogP contribution in [0.1, 0.15) is 12.0 Å². The lowest BCUT2D eigenvalue weighted by molar-refractivity contribution is -0.148. The van der Waals surface area contributed by atoms with E-state index in [-0.39, 0.29) is 13.0 Å². The smallest absolute Gasteiger partial charge is 0.308 e. The SMILES string of the molecule is O=C(O)CC(CNCc1cccnc1)C(=O)O. The fourth-order valence-corrected chi connectivity index (χ4v) is 1.35.